The summed E-state index contributed by atoms with van der Waals surface area (Å²) in [5, 5.41) is 0. The second kappa shape index (κ2) is 4.62. The van der Waals surface area contributed by atoms with Crippen molar-refractivity contribution in [3.63, 3.8) is 0 Å². The molecule has 0 radical (unpaired) electrons. The van der Waals surface area contributed by atoms with Crippen LogP contribution in [0.2, 0.25) is 0 Å². The summed E-state index contributed by atoms with van der Waals surface area (Å²) in [4.78, 5) is 17.4. The first kappa shape index (κ1) is 12.5. The highest BCUT2D eigenvalue weighted by Crippen LogP contribution is 2.37. The van der Waals surface area contributed by atoms with Gasteiger partial charge in [0.25, 0.3) is 5.91 Å². The van der Waals surface area contributed by atoms with Gasteiger partial charge in [0.2, 0.25) is 0 Å². The van der Waals surface area contributed by atoms with E-state index in [9.17, 15) is 4.79 Å². The van der Waals surface area contributed by atoms with Gasteiger partial charge >= 0.3 is 0 Å². The van der Waals surface area contributed by atoms with E-state index in [2.05, 4.69) is 27.5 Å². The molecule has 0 bridgehead atoms. The van der Waals surface area contributed by atoms with Gasteiger partial charge in [0.05, 0.1) is 12.1 Å². The molecule has 1 aromatic heterocycles. The Labute approximate surface area is 120 Å². The molecule has 1 aliphatic carbocycles. The molecule has 0 spiro atoms. The lowest BCUT2D eigenvalue weighted by Gasteiger charge is -2.38. The summed E-state index contributed by atoms with van der Waals surface area (Å²) in [6, 6.07) is 4.85. The molecule has 4 heteroatoms. The average Bonchev–Trinajstić information content (AvgIpc) is 2.96. The van der Waals surface area contributed by atoms with E-state index in [1.54, 1.807) is 0 Å². The van der Waals surface area contributed by atoms with Crippen LogP contribution < -0.4 is 0 Å². The number of hydrogen-bond acceptors (Lipinski definition) is 2. The van der Waals surface area contributed by atoms with Crippen molar-refractivity contribution in [1.29, 1.82) is 0 Å². The van der Waals surface area contributed by atoms with Crippen LogP contribution >= 0.6 is 0 Å². The largest absolute Gasteiger partial charge is 0.337 e. The Bertz CT molecular complexity index is 520. The van der Waals surface area contributed by atoms with E-state index in [-0.39, 0.29) is 5.91 Å². The summed E-state index contributed by atoms with van der Waals surface area (Å²) >= 11 is 0. The van der Waals surface area contributed by atoms with Crippen LogP contribution in [0, 0.1) is 5.92 Å². The number of hydrogen-bond donors (Lipinski definition) is 0. The zero-order chi connectivity index (χ0) is 13.7. The first-order valence-electron chi connectivity index (χ1n) is 7.98. The van der Waals surface area contributed by atoms with Gasteiger partial charge in [-0.2, -0.15) is 0 Å². The SMILES string of the molecule is CCCN1C[C@H]2[C@H](C1)n1cccc1C(=O)N2CC1CC1. The highest BCUT2D eigenvalue weighted by molar-refractivity contribution is 5.94. The normalized spacial score (nSPS) is 29.6. The second-order valence-corrected chi connectivity index (χ2v) is 6.60. The predicted octanol–water partition coefficient (Wildman–Crippen LogP) is 1.99. The van der Waals surface area contributed by atoms with E-state index < -0.39 is 0 Å². The topological polar surface area (TPSA) is 28.5 Å². The number of carbonyl (C=O) groups is 1. The molecular weight excluding hydrogens is 250 g/mol. The van der Waals surface area contributed by atoms with Crippen molar-refractivity contribution in [3.8, 4) is 0 Å². The quantitative estimate of drug-likeness (QED) is 0.839. The average molecular weight is 273 g/mol. The number of fused-ring (bicyclic) bond motifs is 3. The van der Waals surface area contributed by atoms with Gasteiger partial charge in [-0.05, 0) is 43.9 Å². The van der Waals surface area contributed by atoms with Crippen LogP contribution in [-0.4, -0.2) is 52.5 Å². The molecule has 1 amide bonds. The van der Waals surface area contributed by atoms with Gasteiger partial charge in [0, 0.05) is 25.8 Å². The van der Waals surface area contributed by atoms with Crippen LogP contribution in [0.25, 0.3) is 0 Å². The van der Waals surface area contributed by atoms with E-state index in [4.69, 9.17) is 0 Å². The van der Waals surface area contributed by atoms with Crippen LogP contribution in [0.4, 0.5) is 0 Å². The number of nitrogens with zero attached hydrogens (tertiary/aromatic N) is 3. The van der Waals surface area contributed by atoms with Gasteiger partial charge in [-0.25, -0.2) is 0 Å². The molecule has 2 atom stereocenters. The molecule has 2 fully saturated rings. The zero-order valence-corrected chi connectivity index (χ0v) is 12.2. The number of aromatic nitrogens is 1. The van der Waals surface area contributed by atoms with Crippen molar-refractivity contribution in [2.24, 2.45) is 5.92 Å². The Hall–Kier alpha value is -1.29. The fraction of sp³-hybridized carbons (Fsp3) is 0.688. The minimum absolute atomic E-state index is 0.251. The fourth-order valence-electron chi connectivity index (χ4n) is 3.88. The zero-order valence-electron chi connectivity index (χ0n) is 12.2. The minimum atomic E-state index is 0.251. The van der Waals surface area contributed by atoms with Crippen molar-refractivity contribution >= 4 is 5.91 Å². The summed E-state index contributed by atoms with van der Waals surface area (Å²) in [6.45, 7) is 6.50. The Kier molecular flexibility index (Phi) is 2.88. The summed E-state index contributed by atoms with van der Waals surface area (Å²) < 4.78 is 2.23. The van der Waals surface area contributed by atoms with Gasteiger partial charge in [0.15, 0.2) is 0 Å². The van der Waals surface area contributed by atoms with Gasteiger partial charge in [-0.3, -0.25) is 9.69 Å². The summed E-state index contributed by atoms with van der Waals surface area (Å²) in [7, 11) is 0. The van der Waals surface area contributed by atoms with Crippen molar-refractivity contribution in [3.05, 3.63) is 24.0 Å². The molecule has 2 aliphatic heterocycles. The first-order valence-corrected chi connectivity index (χ1v) is 7.98. The third-order valence-electron chi connectivity index (χ3n) is 5.04. The molecule has 1 saturated carbocycles. The van der Waals surface area contributed by atoms with E-state index in [1.165, 1.54) is 19.3 Å². The Balaban J connectivity index is 1.65. The van der Waals surface area contributed by atoms with Crippen LogP contribution in [0.3, 0.4) is 0 Å². The predicted molar refractivity (Wildman–Crippen MR) is 77.7 cm³/mol. The van der Waals surface area contributed by atoms with Crippen molar-refractivity contribution in [1.82, 2.24) is 14.4 Å². The maximum atomic E-state index is 12.7. The number of rotatable bonds is 4. The van der Waals surface area contributed by atoms with Crippen molar-refractivity contribution < 1.29 is 4.79 Å². The van der Waals surface area contributed by atoms with Gasteiger partial charge in [-0.1, -0.05) is 6.92 Å². The van der Waals surface area contributed by atoms with Crippen molar-refractivity contribution in [2.45, 2.75) is 38.3 Å². The molecule has 0 unspecified atom stereocenters. The van der Waals surface area contributed by atoms with Gasteiger partial charge in [-0.15, -0.1) is 0 Å². The standard InChI is InChI=1S/C16H23N3O/c1-2-7-17-10-14-15(11-17)19(9-12-5-6-12)16(20)13-4-3-8-18(13)14/h3-4,8,12,14-15H,2,5-7,9-11H2,1H3/t14-,15-/m0/s1. The summed E-state index contributed by atoms with van der Waals surface area (Å²) in [5.74, 6) is 1.02. The fourth-order valence-corrected chi connectivity index (χ4v) is 3.88. The third kappa shape index (κ3) is 1.89. The molecule has 4 rings (SSSR count). The molecule has 1 saturated heterocycles. The Morgan fingerprint density at radius 1 is 1.25 bits per heavy atom. The molecule has 20 heavy (non-hydrogen) atoms. The highest BCUT2D eigenvalue weighted by Gasteiger charge is 2.45. The molecule has 4 nitrogen and oxygen atoms in total. The summed E-state index contributed by atoms with van der Waals surface area (Å²) in [5.41, 5.74) is 0.894. The maximum absolute atomic E-state index is 12.7. The van der Waals surface area contributed by atoms with Gasteiger partial charge < -0.3 is 9.47 Å². The minimum Gasteiger partial charge on any atom is -0.337 e. The lowest BCUT2D eigenvalue weighted by molar-refractivity contribution is 0.0565. The molecule has 1 aromatic rings. The number of amides is 1. The lowest BCUT2D eigenvalue weighted by Crippen LogP contribution is -2.51. The molecule has 3 aliphatic rings. The molecule has 3 heterocycles. The smallest absolute Gasteiger partial charge is 0.270 e. The van der Waals surface area contributed by atoms with Crippen molar-refractivity contribution in [2.75, 3.05) is 26.2 Å². The lowest BCUT2D eigenvalue weighted by atomic mass is 10.1. The monoisotopic (exact) mass is 273 g/mol. The molecule has 0 aromatic carbocycles. The second-order valence-electron chi connectivity index (χ2n) is 6.60. The highest BCUT2D eigenvalue weighted by atomic mass is 16.2. The van der Waals surface area contributed by atoms with Crippen LogP contribution in [0.15, 0.2) is 18.3 Å². The van der Waals surface area contributed by atoms with E-state index in [0.717, 1.165) is 37.8 Å². The van der Waals surface area contributed by atoms with Gasteiger partial charge in [0.1, 0.15) is 5.69 Å². The van der Waals surface area contributed by atoms with E-state index >= 15 is 0 Å². The Morgan fingerprint density at radius 2 is 2.05 bits per heavy atom. The maximum Gasteiger partial charge on any atom is 0.270 e. The summed E-state index contributed by atoms with van der Waals surface area (Å²) in [6.07, 6.45) is 5.89. The molecule has 0 N–H and O–H groups in total. The Morgan fingerprint density at radius 3 is 2.80 bits per heavy atom. The first-order chi connectivity index (χ1) is 9.78. The molecule has 108 valence electrons. The molecular formula is C16H23N3O. The van der Waals surface area contributed by atoms with E-state index in [0.29, 0.717) is 12.1 Å². The number of carbonyl (C=O) groups excluding carboxylic acids is 1. The third-order valence-corrected chi connectivity index (χ3v) is 5.04. The van der Waals surface area contributed by atoms with Crippen LogP contribution in [0.1, 0.15) is 42.7 Å². The number of likely N-dealkylation sites (tertiary alicyclic amines) is 1. The van der Waals surface area contributed by atoms with E-state index in [1.807, 2.05) is 12.1 Å². The van der Waals surface area contributed by atoms with Crippen LogP contribution in [-0.2, 0) is 0 Å². The van der Waals surface area contributed by atoms with Crippen LogP contribution in [0.5, 0.6) is 0 Å².